The molecule has 2 amide bonds. The molecule has 5 heteroatoms. The minimum atomic E-state index is -0.528. The number of aromatic nitrogens is 1. The molecule has 0 bridgehead atoms. The molecule has 2 N–H and O–H groups in total. The Hall–Kier alpha value is -2.27. The van der Waals surface area contributed by atoms with Crippen LogP contribution < -0.4 is 5.32 Å². The summed E-state index contributed by atoms with van der Waals surface area (Å²) in [4.78, 5) is 11.5. The number of benzene rings is 1. The average molecular weight is 273 g/mol. The van der Waals surface area contributed by atoms with Gasteiger partial charge in [-0.05, 0) is 24.6 Å². The molecule has 1 aromatic heterocycles. The first-order valence-corrected chi connectivity index (χ1v) is 6.47. The summed E-state index contributed by atoms with van der Waals surface area (Å²) in [5.74, 6) is 0. The molecule has 1 atom stereocenters. The van der Waals surface area contributed by atoms with E-state index in [0.29, 0.717) is 5.06 Å². The van der Waals surface area contributed by atoms with E-state index < -0.39 is 12.1 Å². The summed E-state index contributed by atoms with van der Waals surface area (Å²) in [5, 5.41) is 13.0. The first-order valence-electron chi connectivity index (χ1n) is 6.47. The lowest BCUT2D eigenvalue weighted by Crippen LogP contribution is -2.37. The Kier molecular flexibility index (Phi) is 4.10. The highest BCUT2D eigenvalue weighted by molar-refractivity contribution is 5.73. The Bertz CT molecular complexity index is 592. The van der Waals surface area contributed by atoms with E-state index in [0.717, 1.165) is 17.0 Å². The first-order chi connectivity index (χ1) is 9.56. The van der Waals surface area contributed by atoms with E-state index in [1.54, 1.807) is 6.92 Å². The van der Waals surface area contributed by atoms with Crippen molar-refractivity contribution in [2.24, 2.45) is 7.05 Å². The van der Waals surface area contributed by atoms with Crippen LogP contribution >= 0.6 is 0 Å². The van der Waals surface area contributed by atoms with Crippen LogP contribution in [0.25, 0.3) is 11.3 Å². The zero-order chi connectivity index (χ0) is 14.7. The SMILES string of the molecule is CNC(=O)N(O)C(C)c1ccc(-c2ccccc2)n1C. The maximum absolute atomic E-state index is 11.5. The van der Waals surface area contributed by atoms with Gasteiger partial charge in [-0.15, -0.1) is 0 Å². The smallest absolute Gasteiger partial charge is 0.341 e. The van der Waals surface area contributed by atoms with Gasteiger partial charge in [0, 0.05) is 25.5 Å². The Balaban J connectivity index is 2.32. The molecular formula is C15H19N3O2. The van der Waals surface area contributed by atoms with Gasteiger partial charge in [0.2, 0.25) is 0 Å². The second-order valence-corrected chi connectivity index (χ2v) is 4.64. The van der Waals surface area contributed by atoms with E-state index in [4.69, 9.17) is 0 Å². The highest BCUT2D eigenvalue weighted by Gasteiger charge is 2.21. The van der Waals surface area contributed by atoms with Crippen LogP contribution in [-0.2, 0) is 7.05 Å². The van der Waals surface area contributed by atoms with Gasteiger partial charge in [0.1, 0.15) is 0 Å². The second kappa shape index (κ2) is 5.79. The molecule has 20 heavy (non-hydrogen) atoms. The minimum Gasteiger partial charge on any atom is -0.346 e. The number of carbonyl (C=O) groups excluding carboxylic acids is 1. The highest BCUT2D eigenvalue weighted by Crippen LogP contribution is 2.26. The molecule has 1 unspecified atom stereocenters. The molecule has 1 aromatic carbocycles. The highest BCUT2D eigenvalue weighted by atomic mass is 16.5. The van der Waals surface area contributed by atoms with Gasteiger partial charge in [0.05, 0.1) is 6.04 Å². The van der Waals surface area contributed by atoms with Crippen molar-refractivity contribution in [2.45, 2.75) is 13.0 Å². The lowest BCUT2D eigenvalue weighted by atomic mass is 10.2. The summed E-state index contributed by atoms with van der Waals surface area (Å²) in [5.41, 5.74) is 2.99. The van der Waals surface area contributed by atoms with Gasteiger partial charge in [-0.2, -0.15) is 5.06 Å². The normalized spacial score (nSPS) is 12.0. The van der Waals surface area contributed by atoms with Crippen LogP contribution in [0.4, 0.5) is 4.79 Å². The Morgan fingerprint density at radius 2 is 1.90 bits per heavy atom. The van der Waals surface area contributed by atoms with E-state index in [1.807, 2.05) is 54.1 Å². The fraction of sp³-hybridized carbons (Fsp3) is 0.267. The molecule has 0 fully saturated rings. The first kappa shape index (κ1) is 14.1. The predicted octanol–water partition coefficient (Wildman–Crippen LogP) is 2.78. The van der Waals surface area contributed by atoms with Crippen molar-refractivity contribution >= 4 is 6.03 Å². The van der Waals surface area contributed by atoms with Crippen LogP contribution in [0.15, 0.2) is 42.5 Å². The summed E-state index contributed by atoms with van der Waals surface area (Å²) in [6.45, 7) is 1.78. The summed E-state index contributed by atoms with van der Waals surface area (Å²) >= 11 is 0. The van der Waals surface area contributed by atoms with Crippen molar-refractivity contribution in [3.05, 3.63) is 48.2 Å². The third kappa shape index (κ3) is 2.53. The number of rotatable bonds is 3. The van der Waals surface area contributed by atoms with Crippen LogP contribution in [0.1, 0.15) is 18.7 Å². The Labute approximate surface area is 118 Å². The van der Waals surface area contributed by atoms with Crippen molar-refractivity contribution < 1.29 is 10.0 Å². The van der Waals surface area contributed by atoms with E-state index in [-0.39, 0.29) is 0 Å². The third-order valence-corrected chi connectivity index (χ3v) is 3.45. The number of hydrogen-bond donors (Lipinski definition) is 2. The van der Waals surface area contributed by atoms with Crippen LogP contribution in [0, 0.1) is 0 Å². The molecule has 0 aliphatic rings. The summed E-state index contributed by atoms with van der Waals surface area (Å²) in [7, 11) is 3.41. The van der Waals surface area contributed by atoms with Crippen molar-refractivity contribution in [2.75, 3.05) is 7.05 Å². The number of hydroxylamine groups is 2. The average Bonchev–Trinajstić information content (AvgIpc) is 2.87. The van der Waals surface area contributed by atoms with Gasteiger partial charge in [0.15, 0.2) is 0 Å². The molecule has 0 aliphatic carbocycles. The molecular weight excluding hydrogens is 254 g/mol. The number of carbonyl (C=O) groups is 1. The molecule has 0 spiro atoms. The quantitative estimate of drug-likeness (QED) is 0.667. The molecule has 2 rings (SSSR count). The predicted molar refractivity (Wildman–Crippen MR) is 77.3 cm³/mol. The monoisotopic (exact) mass is 273 g/mol. The third-order valence-electron chi connectivity index (χ3n) is 3.45. The van der Waals surface area contributed by atoms with E-state index in [1.165, 1.54) is 7.05 Å². The molecule has 1 heterocycles. The van der Waals surface area contributed by atoms with Gasteiger partial charge in [0.25, 0.3) is 0 Å². The van der Waals surface area contributed by atoms with Crippen LogP contribution in [0.2, 0.25) is 0 Å². The maximum atomic E-state index is 11.5. The topological polar surface area (TPSA) is 57.5 Å². The van der Waals surface area contributed by atoms with Crippen LogP contribution in [-0.4, -0.2) is 27.9 Å². The molecule has 2 aromatic rings. The molecule has 5 nitrogen and oxygen atoms in total. The van der Waals surface area contributed by atoms with Gasteiger partial charge in [-0.3, -0.25) is 5.21 Å². The van der Waals surface area contributed by atoms with Crippen molar-refractivity contribution in [1.82, 2.24) is 14.9 Å². The minimum absolute atomic E-state index is 0.433. The maximum Gasteiger partial charge on any atom is 0.341 e. The number of nitrogens with zero attached hydrogens (tertiary/aromatic N) is 2. The number of amides is 2. The van der Waals surface area contributed by atoms with Crippen LogP contribution in [0.5, 0.6) is 0 Å². The zero-order valence-electron chi connectivity index (χ0n) is 11.9. The molecule has 0 aliphatic heterocycles. The zero-order valence-corrected chi connectivity index (χ0v) is 11.9. The fourth-order valence-electron chi connectivity index (χ4n) is 2.26. The summed E-state index contributed by atoms with van der Waals surface area (Å²) < 4.78 is 1.98. The Morgan fingerprint density at radius 1 is 1.25 bits per heavy atom. The lowest BCUT2D eigenvalue weighted by molar-refractivity contribution is -0.0755. The van der Waals surface area contributed by atoms with Crippen molar-refractivity contribution in [1.29, 1.82) is 0 Å². The molecule has 0 radical (unpaired) electrons. The number of hydrogen-bond acceptors (Lipinski definition) is 2. The second-order valence-electron chi connectivity index (χ2n) is 4.64. The van der Waals surface area contributed by atoms with Crippen molar-refractivity contribution in [3.8, 4) is 11.3 Å². The lowest BCUT2D eigenvalue weighted by Gasteiger charge is -2.23. The fourth-order valence-corrected chi connectivity index (χ4v) is 2.26. The number of urea groups is 1. The van der Waals surface area contributed by atoms with Crippen LogP contribution in [0.3, 0.4) is 0 Å². The molecule has 0 saturated carbocycles. The standard InChI is InChI=1S/C15H19N3O2/c1-11(18(20)15(19)16-2)13-9-10-14(17(13)3)12-7-5-4-6-8-12/h4-11,20H,1-3H3,(H,16,19). The largest absolute Gasteiger partial charge is 0.346 e. The van der Waals surface area contributed by atoms with Gasteiger partial charge in [-0.1, -0.05) is 30.3 Å². The summed E-state index contributed by atoms with van der Waals surface area (Å²) in [6, 6.07) is 12.9. The van der Waals surface area contributed by atoms with Gasteiger partial charge >= 0.3 is 6.03 Å². The van der Waals surface area contributed by atoms with Gasteiger partial charge in [-0.25, -0.2) is 4.79 Å². The van der Waals surface area contributed by atoms with E-state index in [9.17, 15) is 10.0 Å². The van der Waals surface area contributed by atoms with Crippen molar-refractivity contribution in [3.63, 3.8) is 0 Å². The van der Waals surface area contributed by atoms with E-state index in [2.05, 4.69) is 5.32 Å². The van der Waals surface area contributed by atoms with E-state index >= 15 is 0 Å². The molecule has 0 saturated heterocycles. The number of nitrogens with one attached hydrogen (secondary N) is 1. The summed E-state index contributed by atoms with van der Waals surface area (Å²) in [6.07, 6.45) is 0. The molecule has 106 valence electrons. The van der Waals surface area contributed by atoms with Gasteiger partial charge < -0.3 is 9.88 Å². The Morgan fingerprint density at radius 3 is 2.50 bits per heavy atom.